The van der Waals surface area contributed by atoms with Gasteiger partial charge in [-0.2, -0.15) is 4.31 Å². The maximum atomic E-state index is 12.5. The number of hydrogen-bond acceptors (Lipinski definition) is 4. The number of carbonyl (C=O) groups is 2. The molecule has 0 bridgehead atoms. The van der Waals surface area contributed by atoms with Crippen molar-refractivity contribution in [2.24, 2.45) is 0 Å². The quantitative estimate of drug-likeness (QED) is 0.862. The molecule has 8 heteroatoms. The Balaban J connectivity index is 2.28. The van der Waals surface area contributed by atoms with Crippen molar-refractivity contribution in [2.45, 2.75) is 11.3 Å². The third-order valence-electron chi connectivity index (χ3n) is 3.38. The highest BCUT2D eigenvalue weighted by molar-refractivity contribution is 7.89. The van der Waals surface area contributed by atoms with Crippen LogP contribution in [0.25, 0.3) is 0 Å². The van der Waals surface area contributed by atoms with Crippen molar-refractivity contribution in [2.75, 3.05) is 26.7 Å². The molecule has 1 aliphatic heterocycles. The average molecular weight is 312 g/mol. The normalized spacial score (nSPS) is 17.6. The Bertz CT molecular complexity index is 654. The number of carboxylic acid groups (broad SMARTS) is 1. The molecule has 0 aromatic heterocycles. The Morgan fingerprint density at radius 2 is 1.81 bits per heavy atom. The minimum Gasteiger partial charge on any atom is -0.478 e. The molecule has 1 saturated heterocycles. The molecule has 21 heavy (non-hydrogen) atoms. The van der Waals surface area contributed by atoms with Gasteiger partial charge >= 0.3 is 5.97 Å². The molecule has 114 valence electrons. The zero-order valence-electron chi connectivity index (χ0n) is 11.5. The molecule has 1 aromatic carbocycles. The van der Waals surface area contributed by atoms with Crippen molar-refractivity contribution in [3.05, 3.63) is 29.8 Å². The van der Waals surface area contributed by atoms with Crippen LogP contribution in [0.3, 0.4) is 0 Å². The maximum absolute atomic E-state index is 12.5. The lowest BCUT2D eigenvalue weighted by atomic mass is 10.2. The molecule has 1 fully saturated rings. The molecule has 1 amide bonds. The van der Waals surface area contributed by atoms with Gasteiger partial charge < -0.3 is 10.0 Å². The van der Waals surface area contributed by atoms with E-state index in [2.05, 4.69) is 0 Å². The number of hydrogen-bond donors (Lipinski definition) is 1. The van der Waals surface area contributed by atoms with Gasteiger partial charge in [0.2, 0.25) is 15.9 Å². The Hall–Kier alpha value is -1.93. The van der Waals surface area contributed by atoms with Crippen LogP contribution in [0, 0.1) is 0 Å². The summed E-state index contributed by atoms with van der Waals surface area (Å²) < 4.78 is 26.1. The highest BCUT2D eigenvalue weighted by Gasteiger charge is 2.29. The molecule has 0 aliphatic carbocycles. The predicted octanol–water partition coefficient (Wildman–Crippen LogP) is 0.238. The molecule has 1 aliphatic rings. The van der Waals surface area contributed by atoms with E-state index in [4.69, 9.17) is 5.11 Å². The second kappa shape index (κ2) is 5.82. The maximum Gasteiger partial charge on any atom is 0.335 e. The molecule has 0 atom stereocenters. The summed E-state index contributed by atoms with van der Waals surface area (Å²) in [5.41, 5.74) is 0.0145. The third kappa shape index (κ3) is 3.22. The summed E-state index contributed by atoms with van der Waals surface area (Å²) >= 11 is 0. The molecule has 0 spiro atoms. The number of rotatable bonds is 3. The number of amides is 1. The molecule has 2 rings (SSSR count). The predicted molar refractivity (Wildman–Crippen MR) is 74.4 cm³/mol. The second-order valence-electron chi connectivity index (χ2n) is 4.84. The first kappa shape index (κ1) is 15.5. The van der Waals surface area contributed by atoms with Crippen LogP contribution in [0.1, 0.15) is 16.8 Å². The van der Waals surface area contributed by atoms with Crippen molar-refractivity contribution < 1.29 is 23.1 Å². The van der Waals surface area contributed by atoms with Crippen molar-refractivity contribution >= 4 is 21.9 Å². The van der Waals surface area contributed by atoms with Gasteiger partial charge in [0.25, 0.3) is 0 Å². The molecule has 0 saturated carbocycles. The minimum absolute atomic E-state index is 0.00940. The number of likely N-dealkylation sites (N-methyl/N-ethyl adjacent to an activating group) is 1. The summed E-state index contributed by atoms with van der Waals surface area (Å²) in [6.07, 6.45) is 0.564. The molecule has 7 nitrogen and oxygen atoms in total. The second-order valence-corrected chi connectivity index (χ2v) is 6.77. The summed E-state index contributed by atoms with van der Waals surface area (Å²) in [6.45, 7) is 0.585. The number of carbonyl (C=O) groups excluding carboxylic acids is 1. The molecular weight excluding hydrogens is 296 g/mol. The van der Waals surface area contributed by atoms with Crippen LogP contribution in [0.4, 0.5) is 0 Å². The van der Waals surface area contributed by atoms with Gasteiger partial charge in [-0.1, -0.05) is 0 Å². The van der Waals surface area contributed by atoms with Crippen LogP contribution >= 0.6 is 0 Å². The standard InChI is InChI=1S/C13H16N2O5S/c1-14-7-2-8-15(9-12(14)16)21(19,20)11-5-3-10(4-6-11)13(17)18/h3-6H,2,7-9H2,1H3,(H,17,18). The lowest BCUT2D eigenvalue weighted by Gasteiger charge is -2.19. The van der Waals surface area contributed by atoms with E-state index in [1.54, 1.807) is 7.05 Å². The van der Waals surface area contributed by atoms with Crippen LogP contribution < -0.4 is 0 Å². The monoisotopic (exact) mass is 312 g/mol. The molecule has 1 aromatic rings. The average Bonchev–Trinajstić information content (AvgIpc) is 2.61. The molecule has 1 N–H and O–H groups in total. The van der Waals surface area contributed by atoms with E-state index in [-0.39, 0.29) is 29.5 Å². The fourth-order valence-electron chi connectivity index (χ4n) is 2.08. The van der Waals surface area contributed by atoms with Gasteiger partial charge in [0.05, 0.1) is 17.0 Å². The molecule has 1 heterocycles. The molecule has 0 unspecified atom stereocenters. The van der Waals surface area contributed by atoms with E-state index in [9.17, 15) is 18.0 Å². The summed E-state index contributed by atoms with van der Waals surface area (Å²) in [6, 6.07) is 4.97. The van der Waals surface area contributed by atoms with Crippen LogP contribution in [0.5, 0.6) is 0 Å². The summed E-state index contributed by atoms with van der Waals surface area (Å²) in [7, 11) is -2.15. The SMILES string of the molecule is CN1CCCN(S(=O)(=O)c2ccc(C(=O)O)cc2)CC1=O. The van der Waals surface area contributed by atoms with Crippen molar-refractivity contribution in [3.63, 3.8) is 0 Å². The number of benzene rings is 1. The van der Waals surface area contributed by atoms with Crippen LogP contribution in [-0.2, 0) is 14.8 Å². The zero-order valence-corrected chi connectivity index (χ0v) is 12.3. The van der Waals surface area contributed by atoms with Crippen LogP contribution in [-0.4, -0.2) is 61.3 Å². The number of nitrogens with zero attached hydrogens (tertiary/aromatic N) is 2. The van der Waals surface area contributed by atoms with E-state index in [0.717, 1.165) is 4.31 Å². The Morgan fingerprint density at radius 3 is 2.38 bits per heavy atom. The highest BCUT2D eigenvalue weighted by Crippen LogP contribution is 2.18. The van der Waals surface area contributed by atoms with Gasteiger partial charge in [-0.15, -0.1) is 0 Å². The van der Waals surface area contributed by atoms with Crippen molar-refractivity contribution in [1.29, 1.82) is 0 Å². The van der Waals surface area contributed by atoms with Gasteiger partial charge in [-0.05, 0) is 30.7 Å². The first-order chi connectivity index (χ1) is 9.82. The van der Waals surface area contributed by atoms with E-state index < -0.39 is 16.0 Å². The lowest BCUT2D eigenvalue weighted by Crippen LogP contribution is -2.38. The first-order valence-corrected chi connectivity index (χ1v) is 7.84. The minimum atomic E-state index is -3.79. The fourth-order valence-corrected chi connectivity index (χ4v) is 3.51. The third-order valence-corrected chi connectivity index (χ3v) is 5.24. The van der Waals surface area contributed by atoms with E-state index in [0.29, 0.717) is 13.0 Å². The zero-order chi connectivity index (χ0) is 15.6. The van der Waals surface area contributed by atoms with Gasteiger partial charge in [-0.25, -0.2) is 13.2 Å². The van der Waals surface area contributed by atoms with Crippen LogP contribution in [0.2, 0.25) is 0 Å². The smallest absolute Gasteiger partial charge is 0.335 e. The number of carboxylic acids is 1. The Morgan fingerprint density at radius 1 is 1.19 bits per heavy atom. The van der Waals surface area contributed by atoms with Crippen molar-refractivity contribution in [1.82, 2.24) is 9.21 Å². The largest absolute Gasteiger partial charge is 0.478 e. The van der Waals surface area contributed by atoms with Crippen LogP contribution in [0.15, 0.2) is 29.2 Å². The molecular formula is C13H16N2O5S. The number of aromatic carboxylic acids is 1. The van der Waals surface area contributed by atoms with Gasteiger partial charge in [0.1, 0.15) is 0 Å². The van der Waals surface area contributed by atoms with Crippen molar-refractivity contribution in [3.8, 4) is 0 Å². The van der Waals surface area contributed by atoms with Gasteiger partial charge in [0.15, 0.2) is 0 Å². The summed E-state index contributed by atoms with van der Waals surface area (Å²) in [5.74, 6) is -1.37. The van der Waals surface area contributed by atoms with Gasteiger partial charge in [-0.3, -0.25) is 4.79 Å². The Labute approximate surface area is 122 Å². The van der Waals surface area contributed by atoms with E-state index in [1.165, 1.54) is 29.2 Å². The summed E-state index contributed by atoms with van der Waals surface area (Å²) in [4.78, 5) is 24.1. The first-order valence-electron chi connectivity index (χ1n) is 6.40. The Kier molecular flexibility index (Phi) is 4.29. The van der Waals surface area contributed by atoms with E-state index >= 15 is 0 Å². The fraction of sp³-hybridized carbons (Fsp3) is 0.385. The summed E-state index contributed by atoms with van der Waals surface area (Å²) in [5, 5.41) is 8.82. The molecule has 0 radical (unpaired) electrons. The van der Waals surface area contributed by atoms with E-state index in [1.807, 2.05) is 0 Å². The topological polar surface area (TPSA) is 95.0 Å². The highest BCUT2D eigenvalue weighted by atomic mass is 32.2. The lowest BCUT2D eigenvalue weighted by molar-refractivity contribution is -0.129. The number of sulfonamides is 1. The van der Waals surface area contributed by atoms with Gasteiger partial charge in [0, 0.05) is 20.1 Å².